The number of piperazine rings is 1. The zero-order chi connectivity index (χ0) is 18.5. The molecule has 0 bridgehead atoms. The van der Waals surface area contributed by atoms with E-state index < -0.39 is 0 Å². The first-order valence-electron chi connectivity index (χ1n) is 8.70. The Morgan fingerprint density at radius 3 is 2.46 bits per heavy atom. The summed E-state index contributed by atoms with van der Waals surface area (Å²) >= 11 is 0. The average Bonchev–Trinajstić information content (AvgIpc) is 2.68. The third-order valence-corrected chi connectivity index (χ3v) is 4.56. The van der Waals surface area contributed by atoms with E-state index in [1.807, 2.05) is 41.3 Å². The summed E-state index contributed by atoms with van der Waals surface area (Å²) in [4.78, 5) is 16.6. The van der Waals surface area contributed by atoms with E-state index in [2.05, 4.69) is 23.2 Å². The lowest BCUT2D eigenvalue weighted by Gasteiger charge is -2.36. The highest BCUT2D eigenvalue weighted by Gasteiger charge is 2.23. The summed E-state index contributed by atoms with van der Waals surface area (Å²) < 4.78 is 10.7. The lowest BCUT2D eigenvalue weighted by atomic mass is 10.1. The molecule has 1 fully saturated rings. The van der Waals surface area contributed by atoms with Gasteiger partial charge >= 0.3 is 6.03 Å². The van der Waals surface area contributed by atoms with Gasteiger partial charge in [-0.3, -0.25) is 0 Å². The minimum atomic E-state index is -0.0888. The molecule has 2 amide bonds. The second kappa shape index (κ2) is 7.99. The monoisotopic (exact) mass is 355 g/mol. The van der Waals surface area contributed by atoms with Crippen molar-refractivity contribution in [1.82, 2.24) is 4.90 Å². The molecule has 0 spiro atoms. The molecule has 0 aliphatic carbocycles. The molecular formula is C20H25N3O3. The van der Waals surface area contributed by atoms with Crippen molar-refractivity contribution in [3.63, 3.8) is 0 Å². The van der Waals surface area contributed by atoms with E-state index in [4.69, 9.17) is 9.47 Å². The van der Waals surface area contributed by atoms with Crippen LogP contribution in [0.15, 0.2) is 42.5 Å². The topological polar surface area (TPSA) is 54.0 Å². The van der Waals surface area contributed by atoms with Gasteiger partial charge in [0.2, 0.25) is 0 Å². The number of nitrogens with zero attached hydrogens (tertiary/aromatic N) is 2. The molecule has 1 aliphatic heterocycles. The van der Waals surface area contributed by atoms with Crippen molar-refractivity contribution in [1.29, 1.82) is 0 Å². The molecule has 0 unspecified atom stereocenters. The Kier molecular flexibility index (Phi) is 5.51. The Morgan fingerprint density at radius 1 is 1.00 bits per heavy atom. The molecule has 1 saturated heterocycles. The first-order valence-corrected chi connectivity index (χ1v) is 8.70. The van der Waals surface area contributed by atoms with Gasteiger partial charge in [-0.2, -0.15) is 0 Å². The van der Waals surface area contributed by atoms with E-state index in [0.717, 1.165) is 36.0 Å². The van der Waals surface area contributed by atoms with Crippen molar-refractivity contribution in [2.45, 2.75) is 6.92 Å². The number of ether oxygens (including phenoxy) is 2. The van der Waals surface area contributed by atoms with Gasteiger partial charge in [0, 0.05) is 37.9 Å². The van der Waals surface area contributed by atoms with Gasteiger partial charge < -0.3 is 24.6 Å². The minimum Gasteiger partial charge on any atom is -0.497 e. The number of hydrogen-bond acceptors (Lipinski definition) is 4. The number of carbonyl (C=O) groups is 1. The first-order chi connectivity index (χ1) is 12.6. The normalized spacial score (nSPS) is 14.1. The van der Waals surface area contributed by atoms with Crippen molar-refractivity contribution in [3.05, 3.63) is 48.0 Å². The van der Waals surface area contributed by atoms with Crippen LogP contribution < -0.4 is 19.7 Å². The second-order valence-electron chi connectivity index (χ2n) is 6.31. The number of methoxy groups -OCH3 is 2. The number of nitrogens with one attached hydrogen (secondary N) is 1. The molecule has 1 N–H and O–H groups in total. The summed E-state index contributed by atoms with van der Waals surface area (Å²) in [5, 5.41) is 2.94. The molecule has 0 radical (unpaired) electrons. The highest BCUT2D eigenvalue weighted by atomic mass is 16.5. The summed E-state index contributed by atoms with van der Waals surface area (Å²) in [6, 6.07) is 13.5. The van der Waals surface area contributed by atoms with Crippen LogP contribution in [0.4, 0.5) is 16.2 Å². The van der Waals surface area contributed by atoms with E-state index in [0.29, 0.717) is 13.1 Å². The van der Waals surface area contributed by atoms with Gasteiger partial charge in [0.05, 0.1) is 19.9 Å². The van der Waals surface area contributed by atoms with Crippen LogP contribution in [0.25, 0.3) is 0 Å². The molecule has 26 heavy (non-hydrogen) atoms. The molecule has 0 aromatic heterocycles. The standard InChI is InChI=1S/C20H25N3O3/c1-15-7-8-19(26-3)18(13-15)22-9-11-23(12-10-22)20(24)21-16-5-4-6-17(14-16)25-2/h4-8,13-14H,9-12H2,1-3H3,(H,21,24). The Balaban J connectivity index is 1.61. The molecule has 2 aromatic rings. The van der Waals surface area contributed by atoms with Crippen LogP contribution in [0, 0.1) is 6.92 Å². The summed E-state index contributed by atoms with van der Waals surface area (Å²) in [6.45, 7) is 4.93. The number of benzene rings is 2. The summed E-state index contributed by atoms with van der Waals surface area (Å²) in [6.07, 6.45) is 0. The molecule has 0 atom stereocenters. The summed E-state index contributed by atoms with van der Waals surface area (Å²) in [5.41, 5.74) is 3.01. The van der Waals surface area contributed by atoms with Crippen molar-refractivity contribution < 1.29 is 14.3 Å². The maximum absolute atomic E-state index is 12.5. The second-order valence-corrected chi connectivity index (χ2v) is 6.31. The van der Waals surface area contributed by atoms with Crippen LogP contribution >= 0.6 is 0 Å². The van der Waals surface area contributed by atoms with E-state index in [1.54, 1.807) is 14.2 Å². The number of hydrogen-bond donors (Lipinski definition) is 1. The summed E-state index contributed by atoms with van der Waals surface area (Å²) in [5.74, 6) is 1.59. The molecule has 138 valence electrons. The molecule has 1 heterocycles. The number of anilines is 2. The maximum atomic E-state index is 12.5. The van der Waals surface area contributed by atoms with Crippen LogP contribution in [-0.4, -0.2) is 51.3 Å². The van der Waals surface area contributed by atoms with E-state index in [1.165, 1.54) is 5.56 Å². The molecule has 0 saturated carbocycles. The lowest BCUT2D eigenvalue weighted by molar-refractivity contribution is 0.208. The molecule has 1 aliphatic rings. The zero-order valence-electron chi connectivity index (χ0n) is 15.5. The van der Waals surface area contributed by atoms with Crippen molar-refractivity contribution in [2.24, 2.45) is 0 Å². The Morgan fingerprint density at radius 2 is 1.77 bits per heavy atom. The Hall–Kier alpha value is -2.89. The highest BCUT2D eigenvalue weighted by molar-refractivity contribution is 5.89. The zero-order valence-corrected chi connectivity index (χ0v) is 15.5. The van der Waals surface area contributed by atoms with Crippen LogP contribution in [-0.2, 0) is 0 Å². The average molecular weight is 355 g/mol. The fourth-order valence-corrected chi connectivity index (χ4v) is 3.10. The van der Waals surface area contributed by atoms with Crippen LogP contribution in [0.1, 0.15) is 5.56 Å². The van der Waals surface area contributed by atoms with Gasteiger partial charge in [-0.25, -0.2) is 4.79 Å². The number of amides is 2. The fourth-order valence-electron chi connectivity index (χ4n) is 3.10. The predicted octanol–water partition coefficient (Wildman–Crippen LogP) is 3.37. The molecule has 3 rings (SSSR count). The molecule has 2 aromatic carbocycles. The smallest absolute Gasteiger partial charge is 0.321 e. The van der Waals surface area contributed by atoms with E-state index in [-0.39, 0.29) is 6.03 Å². The van der Waals surface area contributed by atoms with Crippen molar-refractivity contribution in [2.75, 3.05) is 50.6 Å². The number of urea groups is 1. The van der Waals surface area contributed by atoms with Gasteiger partial charge in [0.15, 0.2) is 0 Å². The van der Waals surface area contributed by atoms with Crippen LogP contribution in [0.3, 0.4) is 0 Å². The van der Waals surface area contributed by atoms with Crippen molar-refractivity contribution >= 4 is 17.4 Å². The third kappa shape index (κ3) is 4.02. The van der Waals surface area contributed by atoms with Gasteiger partial charge in [0.25, 0.3) is 0 Å². The van der Waals surface area contributed by atoms with E-state index in [9.17, 15) is 4.79 Å². The van der Waals surface area contributed by atoms with Gasteiger partial charge in [0.1, 0.15) is 11.5 Å². The van der Waals surface area contributed by atoms with Crippen LogP contribution in [0.5, 0.6) is 11.5 Å². The SMILES string of the molecule is COc1cccc(NC(=O)N2CCN(c3cc(C)ccc3OC)CC2)c1. The van der Waals surface area contributed by atoms with Gasteiger partial charge in [-0.05, 0) is 36.8 Å². The Bertz CT molecular complexity index is 771. The molecular weight excluding hydrogens is 330 g/mol. The number of aryl methyl sites for hydroxylation is 1. The molecule has 6 nitrogen and oxygen atoms in total. The van der Waals surface area contributed by atoms with Crippen molar-refractivity contribution in [3.8, 4) is 11.5 Å². The Labute approximate surface area is 154 Å². The fraction of sp³-hybridized carbons (Fsp3) is 0.350. The summed E-state index contributed by atoms with van der Waals surface area (Å²) in [7, 11) is 3.30. The molecule has 6 heteroatoms. The highest BCUT2D eigenvalue weighted by Crippen LogP contribution is 2.30. The maximum Gasteiger partial charge on any atom is 0.321 e. The van der Waals surface area contributed by atoms with Crippen LogP contribution in [0.2, 0.25) is 0 Å². The largest absolute Gasteiger partial charge is 0.497 e. The minimum absolute atomic E-state index is 0.0888. The lowest BCUT2D eigenvalue weighted by Crippen LogP contribution is -2.50. The number of rotatable bonds is 4. The van der Waals surface area contributed by atoms with Gasteiger partial charge in [-0.15, -0.1) is 0 Å². The third-order valence-electron chi connectivity index (χ3n) is 4.56. The van der Waals surface area contributed by atoms with E-state index >= 15 is 0 Å². The van der Waals surface area contributed by atoms with Gasteiger partial charge in [-0.1, -0.05) is 12.1 Å². The first kappa shape index (κ1) is 17.9. The predicted molar refractivity (Wildman–Crippen MR) is 104 cm³/mol. The quantitative estimate of drug-likeness (QED) is 0.914. The number of carbonyl (C=O) groups excluding carboxylic acids is 1.